The molecule has 0 aliphatic carbocycles. The Kier molecular flexibility index (Phi) is 3.30. The fourth-order valence-electron chi connectivity index (χ4n) is 1.54. The molecule has 1 aromatic rings. The Balaban J connectivity index is 2.80. The molecular weight excluding hydrogens is 170 g/mol. The molecular formula is C13H17N. The molecule has 1 heteroatoms. The second-order valence-corrected chi connectivity index (χ2v) is 4.86. The number of rotatable bonds is 2. The van der Waals surface area contributed by atoms with Crippen molar-refractivity contribution in [2.75, 3.05) is 0 Å². The summed E-state index contributed by atoms with van der Waals surface area (Å²) in [5, 5.41) is 9.09. The Bertz CT molecular complexity index is 313. The molecule has 0 amide bonds. The van der Waals surface area contributed by atoms with Crippen LogP contribution in [0.4, 0.5) is 0 Å². The van der Waals surface area contributed by atoms with E-state index in [1.165, 1.54) is 0 Å². The summed E-state index contributed by atoms with van der Waals surface area (Å²) in [5.41, 5.74) is 1.33. The van der Waals surface area contributed by atoms with Gasteiger partial charge in [0.15, 0.2) is 0 Å². The van der Waals surface area contributed by atoms with Crippen LogP contribution in [0.2, 0.25) is 0 Å². The number of hydrogen-bond acceptors (Lipinski definition) is 1. The van der Waals surface area contributed by atoms with E-state index in [9.17, 15) is 0 Å². The molecule has 0 heterocycles. The van der Waals surface area contributed by atoms with Gasteiger partial charge in [-0.3, -0.25) is 0 Å². The molecule has 74 valence electrons. The molecule has 0 spiro atoms. The third-order valence-corrected chi connectivity index (χ3v) is 2.17. The van der Waals surface area contributed by atoms with E-state index in [0.29, 0.717) is 0 Å². The molecule has 1 unspecified atom stereocenters. The second-order valence-electron chi connectivity index (χ2n) is 4.86. The number of nitriles is 1. The van der Waals surface area contributed by atoms with Crippen LogP contribution in [0.3, 0.4) is 0 Å². The van der Waals surface area contributed by atoms with E-state index < -0.39 is 0 Å². The maximum atomic E-state index is 9.09. The Morgan fingerprint density at radius 2 is 1.79 bits per heavy atom. The summed E-state index contributed by atoms with van der Waals surface area (Å²) >= 11 is 0. The van der Waals surface area contributed by atoms with Gasteiger partial charge in [0.1, 0.15) is 0 Å². The zero-order valence-electron chi connectivity index (χ0n) is 9.12. The first-order valence-electron chi connectivity index (χ1n) is 4.97. The predicted octanol–water partition coefficient (Wildman–Crippen LogP) is 3.73. The minimum absolute atomic E-state index is 0.0243. The van der Waals surface area contributed by atoms with Gasteiger partial charge in [-0.25, -0.2) is 0 Å². The van der Waals surface area contributed by atoms with Gasteiger partial charge in [-0.2, -0.15) is 5.26 Å². The maximum absolute atomic E-state index is 9.09. The summed E-state index contributed by atoms with van der Waals surface area (Å²) in [4.78, 5) is 0. The van der Waals surface area contributed by atoms with Gasteiger partial charge in [0.05, 0.1) is 12.0 Å². The first-order chi connectivity index (χ1) is 6.53. The molecule has 0 aromatic heterocycles. The van der Waals surface area contributed by atoms with Gasteiger partial charge in [-0.15, -0.1) is 0 Å². The van der Waals surface area contributed by atoms with Crippen molar-refractivity contribution in [3.8, 4) is 6.07 Å². The van der Waals surface area contributed by atoms with E-state index >= 15 is 0 Å². The lowest BCUT2D eigenvalue weighted by molar-refractivity contribution is 0.363. The summed E-state index contributed by atoms with van der Waals surface area (Å²) in [6.07, 6.45) is 0.910. The monoisotopic (exact) mass is 187 g/mol. The van der Waals surface area contributed by atoms with Gasteiger partial charge in [-0.1, -0.05) is 51.1 Å². The van der Waals surface area contributed by atoms with Gasteiger partial charge < -0.3 is 0 Å². The van der Waals surface area contributed by atoms with Crippen molar-refractivity contribution in [3.63, 3.8) is 0 Å². The number of benzene rings is 1. The Hall–Kier alpha value is -1.29. The lowest BCUT2D eigenvalue weighted by Crippen LogP contribution is -2.10. The number of hydrogen-bond donors (Lipinski definition) is 0. The molecule has 14 heavy (non-hydrogen) atoms. The lowest BCUT2D eigenvalue weighted by Gasteiger charge is -2.21. The first-order valence-corrected chi connectivity index (χ1v) is 4.97. The van der Waals surface area contributed by atoms with Crippen molar-refractivity contribution in [1.82, 2.24) is 0 Å². The fourth-order valence-corrected chi connectivity index (χ4v) is 1.54. The summed E-state index contributed by atoms with van der Waals surface area (Å²) in [7, 11) is 0. The molecule has 0 saturated heterocycles. The zero-order valence-corrected chi connectivity index (χ0v) is 9.12. The van der Waals surface area contributed by atoms with Crippen LogP contribution >= 0.6 is 0 Å². The smallest absolute Gasteiger partial charge is 0.0717 e. The van der Waals surface area contributed by atoms with E-state index in [1.807, 2.05) is 30.3 Å². The van der Waals surface area contributed by atoms with E-state index in [0.717, 1.165) is 12.0 Å². The van der Waals surface area contributed by atoms with Crippen molar-refractivity contribution in [1.29, 1.82) is 5.26 Å². The Morgan fingerprint density at radius 3 is 2.21 bits per heavy atom. The molecule has 1 nitrogen and oxygen atoms in total. The molecule has 0 aliphatic rings. The highest BCUT2D eigenvalue weighted by molar-refractivity contribution is 5.24. The topological polar surface area (TPSA) is 23.8 Å². The summed E-state index contributed by atoms with van der Waals surface area (Å²) < 4.78 is 0. The van der Waals surface area contributed by atoms with Crippen LogP contribution in [0, 0.1) is 16.7 Å². The minimum atomic E-state index is 0.0243. The average molecular weight is 187 g/mol. The fraction of sp³-hybridized carbons (Fsp3) is 0.462. The van der Waals surface area contributed by atoms with E-state index in [-0.39, 0.29) is 11.3 Å². The molecule has 0 saturated carbocycles. The van der Waals surface area contributed by atoms with E-state index in [2.05, 4.69) is 26.8 Å². The SMILES string of the molecule is CC(C)(C)CC(C#N)c1ccccc1. The lowest BCUT2D eigenvalue weighted by atomic mass is 9.82. The van der Waals surface area contributed by atoms with Crippen molar-refractivity contribution >= 4 is 0 Å². The van der Waals surface area contributed by atoms with Crippen molar-refractivity contribution in [2.24, 2.45) is 5.41 Å². The predicted molar refractivity (Wildman–Crippen MR) is 58.9 cm³/mol. The van der Waals surface area contributed by atoms with Gasteiger partial charge in [0, 0.05) is 0 Å². The standard InChI is InChI=1S/C13H17N/c1-13(2,3)9-12(10-14)11-7-5-4-6-8-11/h4-8,12H,9H2,1-3H3. The van der Waals surface area contributed by atoms with Crippen LogP contribution in [0.25, 0.3) is 0 Å². The highest BCUT2D eigenvalue weighted by Gasteiger charge is 2.19. The average Bonchev–Trinajstić information content (AvgIpc) is 2.14. The second kappa shape index (κ2) is 4.28. The first kappa shape index (κ1) is 10.8. The van der Waals surface area contributed by atoms with Crippen molar-refractivity contribution < 1.29 is 0 Å². The number of nitrogens with zero attached hydrogens (tertiary/aromatic N) is 1. The Morgan fingerprint density at radius 1 is 1.21 bits per heavy atom. The highest BCUT2D eigenvalue weighted by Crippen LogP contribution is 2.30. The Labute approximate surface area is 86.4 Å². The van der Waals surface area contributed by atoms with Crippen LogP contribution in [0.15, 0.2) is 30.3 Å². The van der Waals surface area contributed by atoms with Crippen LogP contribution in [-0.2, 0) is 0 Å². The van der Waals surface area contributed by atoms with Crippen molar-refractivity contribution in [3.05, 3.63) is 35.9 Å². The summed E-state index contributed by atoms with van der Waals surface area (Å²) in [6, 6.07) is 12.4. The van der Waals surface area contributed by atoms with E-state index in [1.54, 1.807) is 0 Å². The quantitative estimate of drug-likeness (QED) is 0.692. The summed E-state index contributed by atoms with van der Waals surface area (Å²) in [5.74, 6) is 0.0243. The van der Waals surface area contributed by atoms with Crippen molar-refractivity contribution in [2.45, 2.75) is 33.1 Å². The summed E-state index contributed by atoms with van der Waals surface area (Å²) in [6.45, 7) is 6.50. The molecule has 1 aromatic carbocycles. The van der Waals surface area contributed by atoms with Gasteiger partial charge in [-0.05, 0) is 17.4 Å². The van der Waals surface area contributed by atoms with Crippen LogP contribution < -0.4 is 0 Å². The van der Waals surface area contributed by atoms with Crippen LogP contribution in [0.1, 0.15) is 38.7 Å². The molecule has 0 radical (unpaired) electrons. The zero-order chi connectivity index (χ0) is 10.6. The maximum Gasteiger partial charge on any atom is 0.0717 e. The van der Waals surface area contributed by atoms with Gasteiger partial charge >= 0.3 is 0 Å². The molecule has 1 atom stereocenters. The minimum Gasteiger partial charge on any atom is -0.198 e. The van der Waals surface area contributed by atoms with Gasteiger partial charge in [0.2, 0.25) is 0 Å². The largest absolute Gasteiger partial charge is 0.198 e. The highest BCUT2D eigenvalue weighted by atomic mass is 14.3. The van der Waals surface area contributed by atoms with E-state index in [4.69, 9.17) is 5.26 Å². The molecule has 0 bridgehead atoms. The molecule has 0 aliphatic heterocycles. The third-order valence-electron chi connectivity index (χ3n) is 2.17. The third kappa shape index (κ3) is 3.22. The molecule has 0 fully saturated rings. The molecule has 1 rings (SSSR count). The molecule has 0 N–H and O–H groups in total. The normalized spacial score (nSPS) is 13.3. The van der Waals surface area contributed by atoms with Crippen LogP contribution in [-0.4, -0.2) is 0 Å². The van der Waals surface area contributed by atoms with Gasteiger partial charge in [0.25, 0.3) is 0 Å². The van der Waals surface area contributed by atoms with Crippen LogP contribution in [0.5, 0.6) is 0 Å².